The van der Waals surface area contributed by atoms with Crippen LogP contribution in [-0.4, -0.2) is 47.2 Å². The number of hydrogen-bond donors (Lipinski definition) is 1. The van der Waals surface area contributed by atoms with Crippen molar-refractivity contribution in [3.63, 3.8) is 0 Å². The summed E-state index contributed by atoms with van der Waals surface area (Å²) in [5.41, 5.74) is 3.16. The van der Waals surface area contributed by atoms with Crippen LogP contribution in [0.5, 0.6) is 0 Å². The van der Waals surface area contributed by atoms with Crippen molar-refractivity contribution in [2.24, 2.45) is 0 Å². The van der Waals surface area contributed by atoms with Gasteiger partial charge in [0.05, 0.1) is 24.8 Å². The fourth-order valence-electron chi connectivity index (χ4n) is 3.86. The Kier molecular flexibility index (Phi) is 5.92. The number of ether oxygens (including phenoxy) is 2. The third kappa shape index (κ3) is 3.91. The molecule has 0 radical (unpaired) electrons. The zero-order chi connectivity index (χ0) is 19.5. The van der Waals surface area contributed by atoms with Crippen LogP contribution in [0.1, 0.15) is 52.2 Å². The van der Waals surface area contributed by atoms with Gasteiger partial charge in [-0.25, -0.2) is 4.98 Å². The van der Waals surface area contributed by atoms with Gasteiger partial charge in [-0.3, -0.25) is 4.79 Å². The molecule has 1 aromatic heterocycles. The quantitative estimate of drug-likeness (QED) is 0.849. The van der Waals surface area contributed by atoms with E-state index in [1.165, 1.54) is 0 Å². The Bertz CT molecular complexity index is 854. The molecule has 1 N–H and O–H groups in total. The Morgan fingerprint density at radius 3 is 2.82 bits per heavy atom. The monoisotopic (exact) mass is 402 g/mol. The predicted octanol–water partition coefficient (Wildman–Crippen LogP) is 3.29. The van der Waals surface area contributed by atoms with Crippen LogP contribution in [0.25, 0.3) is 0 Å². The van der Waals surface area contributed by atoms with Crippen LogP contribution in [0.4, 0.5) is 0 Å². The standard InChI is InChI=1S/C21H23ClN2O4/c22-18-3-1-7-23-19(18)20(26)24-8-6-15(12-24)16-5-4-14(13-25)11-17(16)21-27-9-2-10-28-21/h1,3-5,7,11,15,21,25H,2,6,8-10,12-13H2. The maximum absolute atomic E-state index is 12.8. The SMILES string of the molecule is O=C(c1ncccc1Cl)N1CCC(c2ccc(CO)cc2C2OCCCO2)C1. The number of halogens is 1. The van der Waals surface area contributed by atoms with E-state index in [-0.39, 0.29) is 18.4 Å². The van der Waals surface area contributed by atoms with E-state index in [2.05, 4.69) is 4.98 Å². The zero-order valence-electron chi connectivity index (χ0n) is 15.5. The normalized spacial score (nSPS) is 20.5. The molecule has 1 atom stereocenters. The lowest BCUT2D eigenvalue weighted by Gasteiger charge is -2.27. The fourth-order valence-corrected chi connectivity index (χ4v) is 4.06. The van der Waals surface area contributed by atoms with Crippen LogP contribution in [0.2, 0.25) is 5.02 Å². The van der Waals surface area contributed by atoms with Crippen LogP contribution in [0.15, 0.2) is 36.5 Å². The number of carbonyl (C=O) groups excluding carboxylic acids is 1. The first-order chi connectivity index (χ1) is 13.7. The number of carbonyl (C=O) groups is 1. The first kappa shape index (κ1) is 19.3. The molecule has 0 spiro atoms. The van der Waals surface area contributed by atoms with E-state index in [1.54, 1.807) is 23.2 Å². The lowest BCUT2D eigenvalue weighted by atomic mass is 9.91. The molecule has 2 saturated heterocycles. The van der Waals surface area contributed by atoms with E-state index < -0.39 is 6.29 Å². The molecule has 2 fully saturated rings. The van der Waals surface area contributed by atoms with Gasteiger partial charge in [0.2, 0.25) is 0 Å². The van der Waals surface area contributed by atoms with E-state index in [1.807, 2.05) is 18.2 Å². The second-order valence-electron chi connectivity index (χ2n) is 7.12. The molecule has 148 valence electrons. The average molecular weight is 403 g/mol. The fraction of sp³-hybridized carbons (Fsp3) is 0.429. The topological polar surface area (TPSA) is 71.9 Å². The zero-order valence-corrected chi connectivity index (χ0v) is 16.3. The van der Waals surface area contributed by atoms with Gasteiger partial charge in [-0.1, -0.05) is 23.7 Å². The Hall–Kier alpha value is -1.99. The Morgan fingerprint density at radius 2 is 2.07 bits per heavy atom. The van der Waals surface area contributed by atoms with Gasteiger partial charge >= 0.3 is 0 Å². The molecular formula is C21H23ClN2O4. The van der Waals surface area contributed by atoms with Crippen molar-refractivity contribution in [1.29, 1.82) is 0 Å². The third-order valence-electron chi connectivity index (χ3n) is 5.29. The number of nitrogens with zero attached hydrogens (tertiary/aromatic N) is 2. The maximum Gasteiger partial charge on any atom is 0.274 e. The van der Waals surface area contributed by atoms with Crippen LogP contribution in [0.3, 0.4) is 0 Å². The molecule has 2 aliphatic heterocycles. The summed E-state index contributed by atoms with van der Waals surface area (Å²) in [5, 5.41) is 9.90. The van der Waals surface area contributed by atoms with Crippen molar-refractivity contribution in [2.75, 3.05) is 26.3 Å². The van der Waals surface area contributed by atoms with E-state index >= 15 is 0 Å². The van der Waals surface area contributed by atoms with Gasteiger partial charge in [-0.05, 0) is 42.2 Å². The first-order valence-electron chi connectivity index (χ1n) is 9.54. The molecule has 28 heavy (non-hydrogen) atoms. The van der Waals surface area contributed by atoms with Gasteiger partial charge in [0, 0.05) is 30.8 Å². The molecular weight excluding hydrogens is 380 g/mol. The highest BCUT2D eigenvalue weighted by atomic mass is 35.5. The molecule has 1 unspecified atom stereocenters. The number of rotatable bonds is 4. The minimum atomic E-state index is -0.426. The Labute approximate surface area is 169 Å². The molecule has 6 nitrogen and oxygen atoms in total. The molecule has 4 rings (SSSR count). The van der Waals surface area contributed by atoms with Gasteiger partial charge in [0.1, 0.15) is 5.69 Å². The highest BCUT2D eigenvalue weighted by molar-refractivity contribution is 6.33. The van der Waals surface area contributed by atoms with Crippen molar-refractivity contribution >= 4 is 17.5 Å². The summed E-state index contributed by atoms with van der Waals surface area (Å²) in [7, 11) is 0. The van der Waals surface area contributed by atoms with Crippen LogP contribution >= 0.6 is 11.6 Å². The van der Waals surface area contributed by atoms with Crippen LogP contribution < -0.4 is 0 Å². The number of amides is 1. The minimum Gasteiger partial charge on any atom is -0.392 e. The van der Waals surface area contributed by atoms with E-state index in [0.29, 0.717) is 37.0 Å². The maximum atomic E-state index is 12.8. The Balaban J connectivity index is 1.56. The summed E-state index contributed by atoms with van der Waals surface area (Å²) in [4.78, 5) is 18.8. The largest absolute Gasteiger partial charge is 0.392 e. The molecule has 3 heterocycles. The molecule has 0 bridgehead atoms. The number of aliphatic hydroxyl groups is 1. The van der Waals surface area contributed by atoms with Crippen LogP contribution in [0, 0.1) is 0 Å². The number of hydrogen-bond acceptors (Lipinski definition) is 5. The van der Waals surface area contributed by atoms with Gasteiger partial charge in [-0.15, -0.1) is 0 Å². The second-order valence-corrected chi connectivity index (χ2v) is 7.53. The third-order valence-corrected chi connectivity index (χ3v) is 5.60. The van der Waals surface area contributed by atoms with Crippen LogP contribution in [-0.2, 0) is 16.1 Å². The number of aliphatic hydroxyl groups excluding tert-OH is 1. The summed E-state index contributed by atoms with van der Waals surface area (Å²) >= 11 is 6.14. The van der Waals surface area contributed by atoms with Gasteiger partial charge in [0.25, 0.3) is 5.91 Å². The molecule has 0 aliphatic carbocycles. The predicted molar refractivity (Wildman–Crippen MR) is 104 cm³/mol. The molecule has 2 aliphatic rings. The van der Waals surface area contributed by atoms with E-state index in [0.717, 1.165) is 29.5 Å². The van der Waals surface area contributed by atoms with Crippen molar-refractivity contribution in [2.45, 2.75) is 31.7 Å². The average Bonchev–Trinajstić information content (AvgIpc) is 3.24. The van der Waals surface area contributed by atoms with Gasteiger partial charge < -0.3 is 19.5 Å². The smallest absolute Gasteiger partial charge is 0.274 e. The number of aromatic nitrogens is 1. The highest BCUT2D eigenvalue weighted by Gasteiger charge is 2.32. The number of benzene rings is 1. The summed E-state index contributed by atoms with van der Waals surface area (Å²) in [5.74, 6) is 0.0232. The van der Waals surface area contributed by atoms with E-state index in [4.69, 9.17) is 21.1 Å². The molecule has 1 amide bonds. The lowest BCUT2D eigenvalue weighted by Crippen LogP contribution is -2.29. The van der Waals surface area contributed by atoms with E-state index in [9.17, 15) is 9.90 Å². The van der Waals surface area contributed by atoms with Crippen molar-refractivity contribution in [3.05, 3.63) is 63.9 Å². The lowest BCUT2D eigenvalue weighted by molar-refractivity contribution is -0.183. The second kappa shape index (κ2) is 8.57. The van der Waals surface area contributed by atoms with Gasteiger partial charge in [-0.2, -0.15) is 0 Å². The van der Waals surface area contributed by atoms with Crippen molar-refractivity contribution in [1.82, 2.24) is 9.88 Å². The summed E-state index contributed by atoms with van der Waals surface area (Å²) in [6.45, 7) is 2.50. The Morgan fingerprint density at radius 1 is 1.25 bits per heavy atom. The van der Waals surface area contributed by atoms with Gasteiger partial charge in [0.15, 0.2) is 6.29 Å². The first-order valence-corrected chi connectivity index (χ1v) is 9.91. The minimum absolute atomic E-state index is 0.0343. The summed E-state index contributed by atoms with van der Waals surface area (Å²) in [6.07, 6.45) is 2.87. The molecule has 0 saturated carbocycles. The number of pyridine rings is 1. The summed E-state index contributed by atoms with van der Waals surface area (Å²) in [6, 6.07) is 9.28. The highest BCUT2D eigenvalue weighted by Crippen LogP contribution is 2.36. The summed E-state index contributed by atoms with van der Waals surface area (Å²) < 4.78 is 11.6. The molecule has 7 heteroatoms. The molecule has 1 aromatic carbocycles. The molecule has 2 aromatic rings. The van der Waals surface area contributed by atoms with Crippen molar-refractivity contribution in [3.8, 4) is 0 Å². The van der Waals surface area contributed by atoms with Crippen molar-refractivity contribution < 1.29 is 19.4 Å². The number of likely N-dealkylation sites (tertiary alicyclic amines) is 1.